The molecule has 9 heteroatoms. The Morgan fingerprint density at radius 2 is 1.69 bits per heavy atom. The molecule has 4 nitrogen and oxygen atoms in total. The van der Waals surface area contributed by atoms with Gasteiger partial charge >= 0.3 is 6.36 Å². The van der Waals surface area contributed by atoms with Crippen molar-refractivity contribution in [2.24, 2.45) is 0 Å². The van der Waals surface area contributed by atoms with Crippen LogP contribution in [0.5, 0.6) is 5.75 Å². The van der Waals surface area contributed by atoms with Crippen LogP contribution in [-0.4, -0.2) is 26.0 Å². The van der Waals surface area contributed by atoms with Crippen molar-refractivity contribution in [1.82, 2.24) is 4.98 Å². The minimum Gasteiger partial charge on any atom is -0.406 e. The highest BCUT2D eigenvalue weighted by molar-refractivity contribution is 7.90. The van der Waals surface area contributed by atoms with Gasteiger partial charge < -0.3 is 4.74 Å². The van der Waals surface area contributed by atoms with Crippen LogP contribution in [-0.2, 0) is 9.84 Å². The van der Waals surface area contributed by atoms with Crippen molar-refractivity contribution >= 4 is 9.84 Å². The van der Waals surface area contributed by atoms with Gasteiger partial charge in [-0.2, -0.15) is 0 Å². The van der Waals surface area contributed by atoms with Gasteiger partial charge in [0, 0.05) is 23.6 Å². The summed E-state index contributed by atoms with van der Waals surface area (Å²) in [6.07, 6.45) is -2.41. The number of ether oxygens (including phenoxy) is 1. The topological polar surface area (TPSA) is 56.3 Å². The maximum absolute atomic E-state index is 14.3. The Labute approximate surface area is 164 Å². The minimum atomic E-state index is -4.80. The van der Waals surface area contributed by atoms with Crippen molar-refractivity contribution in [3.05, 3.63) is 66.1 Å². The highest BCUT2D eigenvalue weighted by atomic mass is 32.2. The van der Waals surface area contributed by atoms with E-state index >= 15 is 0 Å². The van der Waals surface area contributed by atoms with Gasteiger partial charge in [0.2, 0.25) is 0 Å². The monoisotopic (exact) mass is 425 g/mol. The molecule has 2 aromatic carbocycles. The summed E-state index contributed by atoms with van der Waals surface area (Å²) in [7, 11) is -3.72. The van der Waals surface area contributed by atoms with E-state index in [2.05, 4.69) is 9.72 Å². The van der Waals surface area contributed by atoms with Crippen molar-refractivity contribution in [3.8, 4) is 28.1 Å². The molecule has 0 radical (unpaired) electrons. The molecule has 0 unspecified atom stereocenters. The average Bonchev–Trinajstić information content (AvgIpc) is 2.61. The predicted octanol–water partition coefficient (Wildman–Crippen LogP) is 5.17. The number of hydrogen-bond acceptors (Lipinski definition) is 4. The molecular formula is C20H15F4NO3S. The Morgan fingerprint density at radius 1 is 1.00 bits per heavy atom. The molecule has 0 spiro atoms. The Morgan fingerprint density at radius 3 is 2.28 bits per heavy atom. The van der Waals surface area contributed by atoms with Crippen LogP contribution >= 0.6 is 0 Å². The summed E-state index contributed by atoms with van der Waals surface area (Å²) < 4.78 is 78.9. The van der Waals surface area contributed by atoms with E-state index in [0.29, 0.717) is 22.4 Å². The Balaban J connectivity index is 2.07. The lowest BCUT2D eigenvalue weighted by Crippen LogP contribution is -2.17. The first-order valence-electron chi connectivity index (χ1n) is 8.27. The zero-order chi connectivity index (χ0) is 21.4. The predicted molar refractivity (Wildman–Crippen MR) is 99.6 cm³/mol. The zero-order valence-corrected chi connectivity index (χ0v) is 16.1. The molecule has 0 saturated heterocycles. The summed E-state index contributed by atoms with van der Waals surface area (Å²) in [5.41, 5.74) is 2.04. The lowest BCUT2D eigenvalue weighted by Gasteiger charge is -2.14. The molecule has 0 aliphatic rings. The van der Waals surface area contributed by atoms with Gasteiger partial charge in [-0.3, -0.25) is 4.98 Å². The van der Waals surface area contributed by atoms with Crippen molar-refractivity contribution in [3.63, 3.8) is 0 Å². The van der Waals surface area contributed by atoms with Gasteiger partial charge in [-0.05, 0) is 48.4 Å². The number of rotatable bonds is 4. The molecule has 0 bridgehead atoms. The molecule has 0 atom stereocenters. The molecule has 0 aliphatic heterocycles. The molecule has 29 heavy (non-hydrogen) atoms. The van der Waals surface area contributed by atoms with E-state index < -0.39 is 26.9 Å². The quantitative estimate of drug-likeness (QED) is 0.542. The number of sulfone groups is 1. The van der Waals surface area contributed by atoms with E-state index in [1.54, 1.807) is 12.1 Å². The van der Waals surface area contributed by atoms with Gasteiger partial charge in [0.25, 0.3) is 0 Å². The number of halogens is 4. The Bertz CT molecular complexity index is 1170. The molecule has 0 fully saturated rings. The van der Waals surface area contributed by atoms with Gasteiger partial charge in [-0.25, -0.2) is 12.8 Å². The zero-order valence-electron chi connectivity index (χ0n) is 15.3. The Hall–Kier alpha value is -2.94. The highest BCUT2D eigenvalue weighted by Crippen LogP contribution is 2.35. The van der Waals surface area contributed by atoms with Gasteiger partial charge in [0.15, 0.2) is 9.84 Å². The van der Waals surface area contributed by atoms with Gasteiger partial charge in [0.1, 0.15) is 16.5 Å². The van der Waals surface area contributed by atoms with Crippen molar-refractivity contribution in [2.45, 2.75) is 18.2 Å². The lowest BCUT2D eigenvalue weighted by molar-refractivity contribution is -0.274. The first-order chi connectivity index (χ1) is 13.5. The van der Waals surface area contributed by atoms with E-state index in [1.807, 2.05) is 0 Å². The largest absolute Gasteiger partial charge is 0.573 e. The van der Waals surface area contributed by atoms with Crippen LogP contribution in [0.4, 0.5) is 17.6 Å². The van der Waals surface area contributed by atoms with Crippen molar-refractivity contribution < 1.29 is 30.7 Å². The number of alkyl halides is 3. The summed E-state index contributed by atoms with van der Waals surface area (Å²) in [4.78, 5) is 3.81. The van der Waals surface area contributed by atoms with E-state index in [9.17, 15) is 26.0 Å². The van der Waals surface area contributed by atoms with Gasteiger partial charge in [0.05, 0.1) is 5.69 Å². The summed E-state index contributed by atoms with van der Waals surface area (Å²) in [6, 6.07) is 11.1. The molecular weight excluding hydrogens is 410 g/mol. The van der Waals surface area contributed by atoms with Crippen LogP contribution in [0.15, 0.2) is 59.6 Å². The number of aromatic nitrogens is 1. The number of nitrogens with zero attached hydrogens (tertiary/aromatic N) is 1. The van der Waals surface area contributed by atoms with Crippen LogP contribution in [0.1, 0.15) is 5.56 Å². The van der Waals surface area contributed by atoms with E-state index in [4.69, 9.17) is 0 Å². The maximum Gasteiger partial charge on any atom is 0.573 e. The lowest BCUT2D eigenvalue weighted by atomic mass is 9.98. The second-order valence-corrected chi connectivity index (χ2v) is 8.33. The van der Waals surface area contributed by atoms with Gasteiger partial charge in [-0.15, -0.1) is 13.2 Å². The summed E-state index contributed by atoms with van der Waals surface area (Å²) in [5, 5.41) is 0. The average molecular weight is 425 g/mol. The van der Waals surface area contributed by atoms with Gasteiger partial charge in [-0.1, -0.05) is 18.2 Å². The molecule has 1 heterocycles. The third-order valence-corrected chi connectivity index (χ3v) is 5.25. The minimum absolute atomic E-state index is 0.258. The SMILES string of the molecule is Cc1cc(-c2cccnc2-c2ccc(S(C)(=O)=O)c(F)c2)ccc1OC(F)(F)F. The molecule has 0 aliphatic carbocycles. The fourth-order valence-corrected chi connectivity index (χ4v) is 3.60. The van der Waals surface area contributed by atoms with Crippen LogP contribution in [0.2, 0.25) is 0 Å². The molecule has 0 N–H and O–H groups in total. The second-order valence-electron chi connectivity index (χ2n) is 6.35. The third-order valence-electron chi connectivity index (χ3n) is 4.12. The molecule has 0 amide bonds. The maximum atomic E-state index is 14.3. The number of benzene rings is 2. The highest BCUT2D eigenvalue weighted by Gasteiger charge is 2.31. The first-order valence-corrected chi connectivity index (χ1v) is 10.2. The molecule has 1 aromatic heterocycles. The summed E-state index contributed by atoms with van der Waals surface area (Å²) in [5.74, 6) is -1.23. The fourth-order valence-electron chi connectivity index (χ4n) is 2.87. The number of hydrogen-bond donors (Lipinski definition) is 0. The smallest absolute Gasteiger partial charge is 0.406 e. The summed E-state index contributed by atoms with van der Waals surface area (Å²) in [6.45, 7) is 1.47. The van der Waals surface area contributed by atoms with E-state index in [-0.39, 0.29) is 11.3 Å². The normalized spacial score (nSPS) is 12.1. The van der Waals surface area contributed by atoms with E-state index in [1.165, 1.54) is 37.4 Å². The fraction of sp³-hybridized carbons (Fsp3) is 0.150. The van der Waals surface area contributed by atoms with Crippen molar-refractivity contribution in [1.29, 1.82) is 0 Å². The molecule has 152 valence electrons. The summed E-state index contributed by atoms with van der Waals surface area (Å²) >= 11 is 0. The molecule has 3 aromatic rings. The second kappa shape index (κ2) is 7.47. The molecule has 3 rings (SSSR count). The van der Waals surface area contributed by atoms with Crippen molar-refractivity contribution in [2.75, 3.05) is 6.26 Å². The number of aryl methyl sites for hydroxylation is 1. The van der Waals surface area contributed by atoms with Crippen LogP contribution < -0.4 is 4.74 Å². The van der Waals surface area contributed by atoms with Crippen LogP contribution in [0.25, 0.3) is 22.4 Å². The molecule has 0 saturated carbocycles. The van der Waals surface area contributed by atoms with Crippen LogP contribution in [0.3, 0.4) is 0 Å². The standard InChI is InChI=1S/C20H15F4NO3S/c1-12-10-13(5-7-17(12)28-20(22,23)24)15-4-3-9-25-19(15)14-6-8-18(16(21)11-14)29(2,26)27/h3-11H,1-2H3. The first kappa shape index (κ1) is 20.8. The Kier molecular flexibility index (Phi) is 5.36. The van der Waals surface area contributed by atoms with E-state index in [0.717, 1.165) is 18.4 Å². The van der Waals surface area contributed by atoms with Crippen LogP contribution in [0, 0.1) is 12.7 Å². The third kappa shape index (κ3) is 4.73. The number of pyridine rings is 1.